The van der Waals surface area contributed by atoms with E-state index in [0.717, 1.165) is 77.4 Å². The molecular formula is C49H69N4O3+. The normalized spacial score (nSPS) is 18.7. The fourth-order valence-corrected chi connectivity index (χ4v) is 8.56. The zero-order valence-electron chi connectivity index (χ0n) is 35.7. The van der Waals surface area contributed by atoms with Crippen LogP contribution in [0, 0.1) is 0 Å². The number of carbonyl (C=O) groups is 2. The number of anilines is 1. The van der Waals surface area contributed by atoms with Crippen LogP contribution in [0.2, 0.25) is 0 Å². The summed E-state index contributed by atoms with van der Waals surface area (Å²) in [6, 6.07) is 17.8. The largest absolute Gasteiger partial charge is 0.463 e. The Bertz CT molecular complexity index is 1860. The number of unbranched alkanes of at least 4 members (excludes halogenated alkanes) is 3. The Morgan fingerprint density at radius 3 is 2.30 bits per heavy atom. The Morgan fingerprint density at radius 2 is 1.55 bits per heavy atom. The van der Waals surface area contributed by atoms with E-state index < -0.39 is 0 Å². The van der Waals surface area contributed by atoms with Gasteiger partial charge in [-0.1, -0.05) is 89.1 Å². The van der Waals surface area contributed by atoms with E-state index in [9.17, 15) is 9.59 Å². The van der Waals surface area contributed by atoms with Gasteiger partial charge in [-0.2, -0.15) is 4.58 Å². The first-order chi connectivity index (χ1) is 26.9. The minimum Gasteiger partial charge on any atom is -0.463 e. The molecule has 0 spiro atoms. The van der Waals surface area contributed by atoms with E-state index in [1.54, 1.807) is 0 Å². The number of hydrogen-bond acceptors (Lipinski definition) is 5. The second kappa shape index (κ2) is 19.7. The molecule has 1 amide bonds. The smallest absolute Gasteiger partial charge is 0.306 e. The number of allylic oxidation sites excluding steroid dienone is 7. The predicted octanol–water partition coefficient (Wildman–Crippen LogP) is 10.5. The molecule has 2 N–H and O–H groups in total. The van der Waals surface area contributed by atoms with Crippen molar-refractivity contribution in [3.05, 3.63) is 107 Å². The van der Waals surface area contributed by atoms with Gasteiger partial charge in [-0.25, -0.2) is 0 Å². The zero-order chi connectivity index (χ0) is 40.3. The average molecular weight is 762 g/mol. The summed E-state index contributed by atoms with van der Waals surface area (Å²) >= 11 is 0. The average Bonchev–Trinajstić information content (AvgIpc) is 3.52. The summed E-state index contributed by atoms with van der Waals surface area (Å²) in [5.41, 5.74) is 12.0. The van der Waals surface area contributed by atoms with Crippen LogP contribution in [0.25, 0.3) is 0 Å². The van der Waals surface area contributed by atoms with E-state index in [-0.39, 0.29) is 41.7 Å². The van der Waals surface area contributed by atoms with Crippen LogP contribution >= 0.6 is 0 Å². The number of amides is 1. The third-order valence-electron chi connectivity index (χ3n) is 11.6. The maximum Gasteiger partial charge on any atom is 0.306 e. The highest BCUT2D eigenvalue weighted by molar-refractivity contribution is 6.03. The highest BCUT2D eigenvalue weighted by Gasteiger charge is 2.44. The Morgan fingerprint density at radius 1 is 0.839 bits per heavy atom. The molecule has 1 aliphatic carbocycles. The molecule has 2 aliphatic heterocycles. The predicted molar refractivity (Wildman–Crippen MR) is 233 cm³/mol. The maximum atomic E-state index is 12.4. The summed E-state index contributed by atoms with van der Waals surface area (Å²) in [5, 5.41) is 6.90. The van der Waals surface area contributed by atoms with Gasteiger partial charge in [0.05, 0.1) is 17.9 Å². The standard InChI is InChI=1S/C49H68N4O3/c1-9-11-34-52-41-24-15-13-22-39(41)48(5,6)43(52)28-26-37-20-19-21-38(47(37)51-33-18-17-32-50-45(54)30-31-46(55)56-36(3)4)27-29-44-49(7,8)40-23-14-16-25-42(40)53(44)35-12-10-2/h13-16,22-29,36H,9-12,17-21,30-35H2,1-8H3,(H,50,54)/p+1/b37-26+,43-28+. The first kappa shape index (κ1) is 42.7. The molecule has 7 nitrogen and oxygen atoms in total. The van der Waals surface area contributed by atoms with E-state index in [4.69, 9.17) is 4.74 Å². The van der Waals surface area contributed by atoms with Crippen LogP contribution in [0.4, 0.5) is 11.4 Å². The molecule has 2 aromatic carbocycles. The fourth-order valence-electron chi connectivity index (χ4n) is 8.56. The molecule has 5 rings (SSSR count). The molecule has 0 saturated heterocycles. The third-order valence-corrected chi connectivity index (χ3v) is 11.6. The summed E-state index contributed by atoms with van der Waals surface area (Å²) in [5.74, 6) is -0.431. The molecule has 0 atom stereocenters. The Balaban J connectivity index is 1.41. The Kier molecular flexibility index (Phi) is 15.0. The van der Waals surface area contributed by atoms with Crippen molar-refractivity contribution in [1.29, 1.82) is 0 Å². The van der Waals surface area contributed by atoms with Crippen LogP contribution in [0.5, 0.6) is 0 Å². The number of carbonyl (C=O) groups excluding carboxylic acids is 2. The lowest BCUT2D eigenvalue weighted by molar-refractivity contribution is -0.438. The highest BCUT2D eigenvalue weighted by Crippen LogP contribution is 2.48. The molecule has 302 valence electrons. The van der Waals surface area contributed by atoms with Crippen LogP contribution < -0.4 is 15.5 Å². The first-order valence-electron chi connectivity index (χ1n) is 21.5. The van der Waals surface area contributed by atoms with E-state index in [1.165, 1.54) is 50.8 Å². The van der Waals surface area contributed by atoms with Crippen LogP contribution in [0.1, 0.15) is 137 Å². The molecule has 0 fully saturated rings. The quantitative estimate of drug-likeness (QED) is 0.0847. The molecule has 7 heteroatoms. The monoisotopic (exact) mass is 762 g/mol. The summed E-state index contributed by atoms with van der Waals surface area (Å²) in [6.07, 6.45) is 19.3. The lowest BCUT2D eigenvalue weighted by atomic mass is 9.81. The van der Waals surface area contributed by atoms with Gasteiger partial charge < -0.3 is 20.3 Å². The Labute approximate surface area is 338 Å². The minimum atomic E-state index is -0.327. The SMILES string of the molecule is CCCCN1/C(=C/C=C2\CCCC(/C=C/C3=[N+](CCCC)c4ccccc4C3(C)C)=C2NCCCCNC(=O)CCC(=O)OC(C)C)C(C)(C)c2ccccc21. The van der Waals surface area contributed by atoms with Crippen molar-refractivity contribution in [2.45, 2.75) is 143 Å². The number of hydrogen-bond donors (Lipinski definition) is 2. The van der Waals surface area contributed by atoms with E-state index in [0.29, 0.717) is 6.54 Å². The zero-order valence-corrected chi connectivity index (χ0v) is 35.7. The molecule has 0 aromatic heterocycles. The van der Waals surface area contributed by atoms with Crippen molar-refractivity contribution in [1.82, 2.24) is 10.6 Å². The summed E-state index contributed by atoms with van der Waals surface area (Å²) in [7, 11) is 0. The Hall–Kier alpha value is -4.39. The first-order valence-corrected chi connectivity index (χ1v) is 21.5. The molecule has 56 heavy (non-hydrogen) atoms. The van der Waals surface area contributed by atoms with Crippen LogP contribution in [-0.2, 0) is 25.2 Å². The fraction of sp³-hybridized carbons (Fsp3) is 0.531. The van der Waals surface area contributed by atoms with Crippen LogP contribution in [0.3, 0.4) is 0 Å². The number of fused-ring (bicyclic) bond motifs is 2. The van der Waals surface area contributed by atoms with Crippen molar-refractivity contribution in [2.24, 2.45) is 0 Å². The number of esters is 1. The van der Waals surface area contributed by atoms with Gasteiger partial charge in [-0.3, -0.25) is 9.59 Å². The van der Waals surface area contributed by atoms with E-state index >= 15 is 0 Å². The van der Waals surface area contributed by atoms with Gasteiger partial charge in [0.2, 0.25) is 11.6 Å². The number of benzene rings is 2. The van der Waals surface area contributed by atoms with Crippen LogP contribution in [-0.4, -0.2) is 54.4 Å². The van der Waals surface area contributed by atoms with Crippen molar-refractivity contribution >= 4 is 29.0 Å². The molecule has 2 heterocycles. The summed E-state index contributed by atoms with van der Waals surface area (Å²) in [4.78, 5) is 26.8. The number of nitrogens with one attached hydrogen (secondary N) is 2. The topological polar surface area (TPSA) is 73.7 Å². The van der Waals surface area contributed by atoms with E-state index in [2.05, 4.69) is 134 Å². The minimum absolute atomic E-state index is 0.0864. The van der Waals surface area contributed by atoms with Gasteiger partial charge in [0.25, 0.3) is 0 Å². The van der Waals surface area contributed by atoms with Gasteiger partial charge in [-0.15, -0.1) is 0 Å². The summed E-state index contributed by atoms with van der Waals surface area (Å²) in [6.45, 7) is 21.1. The number of nitrogens with zero attached hydrogens (tertiary/aromatic N) is 2. The molecule has 0 bridgehead atoms. The molecule has 0 radical (unpaired) electrons. The molecular weight excluding hydrogens is 693 g/mol. The van der Waals surface area contributed by atoms with Gasteiger partial charge in [0, 0.05) is 72.7 Å². The number of ether oxygens (including phenoxy) is 1. The van der Waals surface area contributed by atoms with Crippen LogP contribution in [0.15, 0.2) is 95.4 Å². The molecule has 3 aliphatic rings. The highest BCUT2D eigenvalue weighted by atomic mass is 16.5. The lowest BCUT2D eigenvalue weighted by Gasteiger charge is -2.28. The van der Waals surface area contributed by atoms with Crippen molar-refractivity contribution in [3.8, 4) is 0 Å². The second-order valence-corrected chi connectivity index (χ2v) is 17.0. The van der Waals surface area contributed by atoms with E-state index in [1.807, 2.05) is 13.8 Å². The maximum absolute atomic E-state index is 12.4. The second-order valence-electron chi connectivity index (χ2n) is 17.0. The number of rotatable bonds is 19. The van der Waals surface area contributed by atoms with Gasteiger partial charge in [-0.05, 0) is 95.1 Å². The molecule has 0 unspecified atom stereocenters. The van der Waals surface area contributed by atoms with Crippen molar-refractivity contribution < 1.29 is 18.9 Å². The number of para-hydroxylation sites is 2. The lowest BCUT2D eigenvalue weighted by Crippen LogP contribution is -2.28. The molecule has 0 saturated carbocycles. The van der Waals surface area contributed by atoms with Crippen molar-refractivity contribution in [2.75, 3.05) is 31.1 Å². The summed E-state index contributed by atoms with van der Waals surface area (Å²) < 4.78 is 7.72. The third kappa shape index (κ3) is 10.1. The van der Waals surface area contributed by atoms with Gasteiger partial charge in [0.1, 0.15) is 6.54 Å². The van der Waals surface area contributed by atoms with Crippen molar-refractivity contribution in [3.63, 3.8) is 0 Å². The van der Waals surface area contributed by atoms with Gasteiger partial charge in [0.15, 0.2) is 5.71 Å². The molecule has 2 aromatic rings. The van der Waals surface area contributed by atoms with Gasteiger partial charge >= 0.3 is 5.97 Å².